The Morgan fingerprint density at radius 1 is 1.29 bits per heavy atom. The highest BCUT2D eigenvalue weighted by Gasteiger charge is 2.10. The van der Waals surface area contributed by atoms with Crippen LogP contribution in [-0.2, 0) is 0 Å². The van der Waals surface area contributed by atoms with Crippen molar-refractivity contribution in [2.24, 2.45) is 0 Å². The van der Waals surface area contributed by atoms with Crippen molar-refractivity contribution in [3.63, 3.8) is 0 Å². The zero-order valence-corrected chi connectivity index (χ0v) is 11.3. The van der Waals surface area contributed by atoms with Gasteiger partial charge in [0.2, 0.25) is 0 Å². The maximum atomic E-state index is 13.4. The number of halogens is 2. The van der Waals surface area contributed by atoms with Crippen LogP contribution in [0.1, 0.15) is 27.2 Å². The Morgan fingerprint density at radius 2 is 2.00 bits per heavy atom. The predicted molar refractivity (Wildman–Crippen MR) is 69.4 cm³/mol. The molecule has 0 radical (unpaired) electrons. The van der Waals surface area contributed by atoms with Gasteiger partial charge in [-0.2, -0.15) is 0 Å². The van der Waals surface area contributed by atoms with Crippen molar-refractivity contribution in [1.29, 1.82) is 0 Å². The number of hydrogen-bond donors (Lipinski definition) is 1. The first-order chi connectivity index (χ1) is 8.02. The van der Waals surface area contributed by atoms with Gasteiger partial charge in [0.15, 0.2) is 0 Å². The normalized spacial score (nSPS) is 14.6. The Kier molecular flexibility index (Phi) is 5.92. The van der Waals surface area contributed by atoms with Gasteiger partial charge in [-0.1, -0.05) is 13.8 Å². The summed E-state index contributed by atoms with van der Waals surface area (Å²) in [6, 6.07) is 4.02. The van der Waals surface area contributed by atoms with E-state index in [0.717, 1.165) is 19.0 Å². The molecule has 2 unspecified atom stereocenters. The molecule has 2 atom stereocenters. The molecule has 0 aliphatic carbocycles. The van der Waals surface area contributed by atoms with Gasteiger partial charge in [0.25, 0.3) is 0 Å². The molecule has 0 aliphatic rings. The summed E-state index contributed by atoms with van der Waals surface area (Å²) in [5.74, 6) is -0.747. The molecule has 17 heavy (non-hydrogen) atoms. The molecule has 0 saturated heterocycles. The lowest BCUT2D eigenvalue weighted by Gasteiger charge is -2.16. The van der Waals surface area contributed by atoms with Crippen molar-refractivity contribution in [2.75, 3.05) is 6.54 Å². The van der Waals surface area contributed by atoms with Crippen molar-refractivity contribution in [3.05, 3.63) is 29.8 Å². The van der Waals surface area contributed by atoms with Crippen LogP contribution >= 0.6 is 11.8 Å². The number of rotatable bonds is 6. The van der Waals surface area contributed by atoms with Crippen LogP contribution < -0.4 is 5.32 Å². The molecule has 1 N–H and O–H groups in total. The zero-order valence-electron chi connectivity index (χ0n) is 10.5. The van der Waals surface area contributed by atoms with E-state index in [0.29, 0.717) is 10.9 Å². The van der Waals surface area contributed by atoms with Gasteiger partial charge >= 0.3 is 0 Å². The average Bonchev–Trinajstić information content (AvgIpc) is 2.30. The lowest BCUT2D eigenvalue weighted by molar-refractivity contribution is 0.536. The molecule has 0 spiro atoms. The fourth-order valence-electron chi connectivity index (χ4n) is 1.34. The molecule has 1 aromatic carbocycles. The molecule has 0 aromatic heterocycles. The minimum Gasteiger partial charge on any atom is -0.313 e. The molecule has 0 saturated carbocycles. The summed E-state index contributed by atoms with van der Waals surface area (Å²) in [5, 5.41) is 3.56. The molecule has 1 aromatic rings. The van der Waals surface area contributed by atoms with E-state index < -0.39 is 5.82 Å². The van der Waals surface area contributed by atoms with E-state index in [2.05, 4.69) is 19.2 Å². The van der Waals surface area contributed by atoms with E-state index >= 15 is 0 Å². The van der Waals surface area contributed by atoms with E-state index in [1.165, 1.54) is 23.9 Å². The Balaban J connectivity index is 2.50. The molecule has 4 heteroatoms. The highest BCUT2D eigenvalue weighted by atomic mass is 32.2. The molecule has 0 amide bonds. The maximum Gasteiger partial charge on any atom is 0.136 e. The molecule has 1 rings (SSSR count). The standard InChI is InChI=1S/C13H19F2NS/c1-4-9(2)16-8-10(3)17-13-7-11(14)5-6-12(13)15/h5-7,9-10,16H,4,8H2,1-3H3. The van der Waals surface area contributed by atoms with Crippen LogP contribution in [-0.4, -0.2) is 17.8 Å². The first-order valence-corrected chi connectivity index (χ1v) is 6.76. The van der Waals surface area contributed by atoms with Gasteiger partial charge in [-0.3, -0.25) is 0 Å². The highest BCUT2D eigenvalue weighted by molar-refractivity contribution is 8.00. The highest BCUT2D eigenvalue weighted by Crippen LogP contribution is 2.26. The average molecular weight is 259 g/mol. The molecular formula is C13H19F2NS. The van der Waals surface area contributed by atoms with Crippen molar-refractivity contribution in [2.45, 2.75) is 43.4 Å². The minimum absolute atomic E-state index is 0.209. The molecule has 96 valence electrons. The largest absolute Gasteiger partial charge is 0.313 e. The molecule has 0 aliphatic heterocycles. The van der Waals surface area contributed by atoms with Crippen molar-refractivity contribution < 1.29 is 8.78 Å². The van der Waals surface area contributed by atoms with Gasteiger partial charge in [-0.25, -0.2) is 8.78 Å². The summed E-state index contributed by atoms with van der Waals surface area (Å²) >= 11 is 1.36. The van der Waals surface area contributed by atoms with Gasteiger partial charge in [0.1, 0.15) is 11.6 Å². The minimum atomic E-state index is -0.393. The summed E-state index contributed by atoms with van der Waals surface area (Å²) < 4.78 is 26.4. The lowest BCUT2D eigenvalue weighted by Crippen LogP contribution is -2.30. The Labute approximate surface area is 106 Å². The number of benzene rings is 1. The van der Waals surface area contributed by atoms with Crippen LogP contribution in [0.5, 0.6) is 0 Å². The Hall–Kier alpha value is -0.610. The lowest BCUT2D eigenvalue weighted by atomic mass is 10.2. The monoisotopic (exact) mass is 259 g/mol. The summed E-state index contributed by atoms with van der Waals surface area (Å²) in [6.07, 6.45) is 1.06. The van der Waals surface area contributed by atoms with E-state index in [1.807, 2.05) is 6.92 Å². The Bertz CT molecular complexity index is 357. The number of hydrogen-bond acceptors (Lipinski definition) is 2. The Morgan fingerprint density at radius 3 is 2.65 bits per heavy atom. The molecule has 0 bridgehead atoms. The first-order valence-electron chi connectivity index (χ1n) is 5.88. The van der Waals surface area contributed by atoms with Gasteiger partial charge in [-0.15, -0.1) is 11.8 Å². The molecule has 0 fully saturated rings. The maximum absolute atomic E-state index is 13.4. The zero-order chi connectivity index (χ0) is 12.8. The van der Waals surface area contributed by atoms with Gasteiger partial charge in [0.05, 0.1) is 0 Å². The van der Waals surface area contributed by atoms with E-state index in [4.69, 9.17) is 0 Å². The van der Waals surface area contributed by atoms with Crippen LogP contribution in [0.3, 0.4) is 0 Å². The SMILES string of the molecule is CCC(C)NCC(C)Sc1cc(F)ccc1F. The second-order valence-corrected chi connectivity index (χ2v) is 5.70. The van der Waals surface area contributed by atoms with Crippen LogP contribution in [0.15, 0.2) is 23.1 Å². The third-order valence-corrected chi connectivity index (χ3v) is 3.72. The third-order valence-electron chi connectivity index (χ3n) is 2.59. The third kappa shape index (κ3) is 5.04. The van der Waals surface area contributed by atoms with E-state index in [-0.39, 0.29) is 11.1 Å². The van der Waals surface area contributed by atoms with Gasteiger partial charge < -0.3 is 5.32 Å². The summed E-state index contributed by atoms with van der Waals surface area (Å²) in [4.78, 5) is 0.378. The molecular weight excluding hydrogens is 240 g/mol. The van der Waals surface area contributed by atoms with Gasteiger partial charge in [-0.05, 0) is 31.5 Å². The van der Waals surface area contributed by atoms with Crippen molar-refractivity contribution >= 4 is 11.8 Å². The topological polar surface area (TPSA) is 12.0 Å². The number of thioether (sulfide) groups is 1. The van der Waals surface area contributed by atoms with Crippen molar-refractivity contribution in [3.8, 4) is 0 Å². The second kappa shape index (κ2) is 6.97. The van der Waals surface area contributed by atoms with E-state index in [1.54, 1.807) is 0 Å². The van der Waals surface area contributed by atoms with Crippen molar-refractivity contribution in [1.82, 2.24) is 5.32 Å². The quantitative estimate of drug-likeness (QED) is 0.779. The van der Waals surface area contributed by atoms with E-state index in [9.17, 15) is 8.78 Å². The first kappa shape index (κ1) is 14.5. The van der Waals surface area contributed by atoms with Crippen LogP contribution in [0, 0.1) is 11.6 Å². The number of nitrogens with one attached hydrogen (secondary N) is 1. The summed E-state index contributed by atoms with van der Waals surface area (Å²) in [5.41, 5.74) is 0. The fraction of sp³-hybridized carbons (Fsp3) is 0.538. The smallest absolute Gasteiger partial charge is 0.136 e. The summed E-state index contributed by atoms with van der Waals surface area (Å²) in [7, 11) is 0. The summed E-state index contributed by atoms with van der Waals surface area (Å²) in [6.45, 7) is 7.02. The second-order valence-electron chi connectivity index (χ2n) is 4.22. The molecule has 0 heterocycles. The predicted octanol–water partition coefficient (Wildman–Crippen LogP) is 3.83. The van der Waals surface area contributed by atoms with Crippen LogP contribution in [0.2, 0.25) is 0 Å². The fourth-order valence-corrected chi connectivity index (χ4v) is 2.31. The van der Waals surface area contributed by atoms with Crippen LogP contribution in [0.25, 0.3) is 0 Å². The van der Waals surface area contributed by atoms with Crippen LogP contribution in [0.4, 0.5) is 8.78 Å². The molecule has 1 nitrogen and oxygen atoms in total. The van der Waals surface area contributed by atoms with Gasteiger partial charge in [0, 0.05) is 22.7 Å².